The molecule has 0 saturated heterocycles. The van der Waals surface area contributed by atoms with Gasteiger partial charge in [0.2, 0.25) is 11.8 Å². The van der Waals surface area contributed by atoms with E-state index in [1.54, 1.807) is 36.1 Å². The molecule has 0 bridgehead atoms. The van der Waals surface area contributed by atoms with Gasteiger partial charge in [0.15, 0.2) is 5.82 Å². The Hall–Kier alpha value is -2.09. The predicted octanol–water partition coefficient (Wildman–Crippen LogP) is 3.19. The van der Waals surface area contributed by atoms with E-state index in [0.29, 0.717) is 33.9 Å². The third kappa shape index (κ3) is 5.74. The topological polar surface area (TPSA) is 87.5 Å². The molecule has 2 N–H and O–H groups in total. The van der Waals surface area contributed by atoms with Crippen molar-refractivity contribution in [1.29, 1.82) is 0 Å². The number of benzene rings is 1. The first-order valence-corrected chi connectivity index (χ1v) is 8.34. The first kappa shape index (κ1) is 19.2. The molecule has 0 saturated carbocycles. The normalized spacial score (nSPS) is 10.8. The molecule has 7 nitrogen and oxygen atoms in total. The van der Waals surface area contributed by atoms with Gasteiger partial charge in [-0.15, -0.1) is 0 Å². The molecule has 1 aromatic heterocycles. The fourth-order valence-electron chi connectivity index (χ4n) is 2.09. The zero-order valence-electron chi connectivity index (χ0n) is 13.8. The van der Waals surface area contributed by atoms with E-state index in [1.165, 1.54) is 0 Å². The van der Waals surface area contributed by atoms with E-state index < -0.39 is 0 Å². The Kier molecular flexibility index (Phi) is 6.81. The van der Waals surface area contributed by atoms with Gasteiger partial charge in [0.1, 0.15) is 5.76 Å². The van der Waals surface area contributed by atoms with Crippen LogP contribution in [0.2, 0.25) is 10.0 Å². The highest BCUT2D eigenvalue weighted by Crippen LogP contribution is 2.29. The van der Waals surface area contributed by atoms with Crippen LogP contribution in [0.15, 0.2) is 28.8 Å². The molecule has 0 radical (unpaired) electrons. The second-order valence-corrected chi connectivity index (χ2v) is 6.13. The van der Waals surface area contributed by atoms with Crippen LogP contribution in [0.4, 0.5) is 11.5 Å². The SMILES string of the molecule is CCN(CC(=O)Nc1cc(C)on1)CC(=O)Nc1c(Cl)cccc1Cl. The lowest BCUT2D eigenvalue weighted by Crippen LogP contribution is -2.38. The lowest BCUT2D eigenvalue weighted by atomic mass is 10.3. The number of carbonyl (C=O) groups is 2. The van der Waals surface area contributed by atoms with Crippen molar-refractivity contribution in [3.63, 3.8) is 0 Å². The maximum absolute atomic E-state index is 12.2. The summed E-state index contributed by atoms with van der Waals surface area (Å²) in [6.07, 6.45) is 0. The van der Waals surface area contributed by atoms with Crippen molar-refractivity contribution in [3.8, 4) is 0 Å². The van der Waals surface area contributed by atoms with Gasteiger partial charge >= 0.3 is 0 Å². The molecule has 1 heterocycles. The number of rotatable bonds is 7. The van der Waals surface area contributed by atoms with Gasteiger partial charge in [-0.1, -0.05) is 41.3 Å². The maximum Gasteiger partial charge on any atom is 0.239 e. The molecule has 0 aliphatic rings. The highest BCUT2D eigenvalue weighted by Gasteiger charge is 2.16. The first-order valence-electron chi connectivity index (χ1n) is 7.58. The van der Waals surface area contributed by atoms with Crippen molar-refractivity contribution in [3.05, 3.63) is 40.1 Å². The van der Waals surface area contributed by atoms with Crippen molar-refractivity contribution >= 4 is 46.5 Å². The standard InChI is InChI=1S/C16H18Cl2N4O3/c1-3-22(8-14(23)19-13-7-10(2)25-21-13)9-15(24)20-16-11(17)5-4-6-12(16)18/h4-7H,3,8-9H2,1-2H3,(H,20,24)(H,19,21,23). The number of likely N-dealkylation sites (N-methyl/N-ethyl adjacent to an activating group) is 1. The number of amides is 2. The molecular formula is C16H18Cl2N4O3. The number of nitrogens with one attached hydrogen (secondary N) is 2. The van der Waals surface area contributed by atoms with Crippen molar-refractivity contribution in [2.45, 2.75) is 13.8 Å². The Morgan fingerprint density at radius 2 is 1.76 bits per heavy atom. The van der Waals surface area contributed by atoms with Crippen LogP contribution in [0.3, 0.4) is 0 Å². The van der Waals surface area contributed by atoms with Crippen molar-refractivity contribution < 1.29 is 14.1 Å². The van der Waals surface area contributed by atoms with Crippen LogP contribution in [-0.2, 0) is 9.59 Å². The molecule has 0 aliphatic heterocycles. The van der Waals surface area contributed by atoms with E-state index in [4.69, 9.17) is 27.7 Å². The number of nitrogens with zero attached hydrogens (tertiary/aromatic N) is 2. The third-order valence-electron chi connectivity index (χ3n) is 3.30. The number of hydrogen-bond acceptors (Lipinski definition) is 5. The van der Waals surface area contributed by atoms with Gasteiger partial charge < -0.3 is 15.2 Å². The van der Waals surface area contributed by atoms with E-state index in [0.717, 1.165) is 0 Å². The summed E-state index contributed by atoms with van der Waals surface area (Å²) in [5, 5.41) is 9.67. The van der Waals surface area contributed by atoms with Crippen LogP contribution in [0.25, 0.3) is 0 Å². The fourth-order valence-corrected chi connectivity index (χ4v) is 2.58. The number of hydrogen-bond donors (Lipinski definition) is 2. The molecule has 0 aliphatic carbocycles. The first-order chi connectivity index (χ1) is 11.9. The summed E-state index contributed by atoms with van der Waals surface area (Å²) in [6.45, 7) is 4.14. The van der Waals surface area contributed by atoms with Gasteiger partial charge in [0.25, 0.3) is 0 Å². The third-order valence-corrected chi connectivity index (χ3v) is 3.93. The summed E-state index contributed by atoms with van der Waals surface area (Å²) in [7, 11) is 0. The van der Waals surface area contributed by atoms with E-state index in [-0.39, 0.29) is 24.9 Å². The van der Waals surface area contributed by atoms with Crippen LogP contribution < -0.4 is 10.6 Å². The zero-order valence-corrected chi connectivity index (χ0v) is 15.3. The van der Waals surface area contributed by atoms with Gasteiger partial charge in [-0.25, -0.2) is 0 Å². The number of halogens is 2. The Morgan fingerprint density at radius 3 is 2.28 bits per heavy atom. The molecule has 0 atom stereocenters. The fraction of sp³-hybridized carbons (Fsp3) is 0.312. The number of aromatic nitrogens is 1. The number of aryl methyl sites for hydroxylation is 1. The Morgan fingerprint density at radius 1 is 1.16 bits per heavy atom. The van der Waals surface area contributed by atoms with Gasteiger partial charge in [-0.05, 0) is 25.6 Å². The van der Waals surface area contributed by atoms with E-state index in [1.807, 2.05) is 6.92 Å². The lowest BCUT2D eigenvalue weighted by Gasteiger charge is -2.19. The molecule has 2 aromatic rings. The summed E-state index contributed by atoms with van der Waals surface area (Å²) in [5.74, 6) is 0.324. The van der Waals surface area contributed by atoms with Crippen molar-refractivity contribution in [2.75, 3.05) is 30.3 Å². The van der Waals surface area contributed by atoms with Gasteiger partial charge in [0, 0.05) is 6.07 Å². The summed E-state index contributed by atoms with van der Waals surface area (Å²) < 4.78 is 4.88. The van der Waals surface area contributed by atoms with E-state index in [2.05, 4.69) is 15.8 Å². The summed E-state index contributed by atoms with van der Waals surface area (Å²) in [5.41, 5.74) is 0.356. The Bertz CT molecular complexity index is 743. The summed E-state index contributed by atoms with van der Waals surface area (Å²) >= 11 is 12.1. The Labute approximate surface area is 155 Å². The van der Waals surface area contributed by atoms with Crippen LogP contribution in [-0.4, -0.2) is 41.5 Å². The van der Waals surface area contributed by atoms with Crippen LogP contribution in [0.5, 0.6) is 0 Å². The second kappa shape index (κ2) is 8.84. The number of anilines is 2. The molecule has 2 rings (SSSR count). The molecule has 9 heteroatoms. The largest absolute Gasteiger partial charge is 0.360 e. The smallest absolute Gasteiger partial charge is 0.239 e. The minimum Gasteiger partial charge on any atom is -0.360 e. The Balaban J connectivity index is 1.90. The van der Waals surface area contributed by atoms with Gasteiger partial charge in [-0.2, -0.15) is 0 Å². The molecule has 25 heavy (non-hydrogen) atoms. The van der Waals surface area contributed by atoms with Crippen LogP contribution in [0.1, 0.15) is 12.7 Å². The molecule has 2 amide bonds. The molecule has 134 valence electrons. The monoisotopic (exact) mass is 384 g/mol. The maximum atomic E-state index is 12.2. The number of para-hydroxylation sites is 1. The minimum absolute atomic E-state index is 0.0172. The van der Waals surface area contributed by atoms with Crippen molar-refractivity contribution in [2.24, 2.45) is 0 Å². The van der Waals surface area contributed by atoms with Gasteiger partial charge in [0.05, 0.1) is 28.8 Å². The zero-order chi connectivity index (χ0) is 18.4. The second-order valence-electron chi connectivity index (χ2n) is 5.32. The van der Waals surface area contributed by atoms with Crippen LogP contribution >= 0.6 is 23.2 Å². The minimum atomic E-state index is -0.318. The molecule has 0 spiro atoms. The molecule has 0 fully saturated rings. The quantitative estimate of drug-likeness (QED) is 0.765. The summed E-state index contributed by atoms with van der Waals surface area (Å²) in [6, 6.07) is 6.57. The lowest BCUT2D eigenvalue weighted by molar-refractivity contribution is -0.119. The number of carbonyl (C=O) groups excluding carboxylic acids is 2. The average Bonchev–Trinajstić information content (AvgIpc) is 2.95. The van der Waals surface area contributed by atoms with Crippen LogP contribution in [0, 0.1) is 6.92 Å². The average molecular weight is 385 g/mol. The highest BCUT2D eigenvalue weighted by molar-refractivity contribution is 6.39. The predicted molar refractivity (Wildman–Crippen MR) is 97.1 cm³/mol. The van der Waals surface area contributed by atoms with Gasteiger partial charge in [-0.3, -0.25) is 14.5 Å². The molecular weight excluding hydrogens is 367 g/mol. The van der Waals surface area contributed by atoms with E-state index in [9.17, 15) is 9.59 Å². The van der Waals surface area contributed by atoms with Crippen molar-refractivity contribution in [1.82, 2.24) is 10.1 Å². The molecule has 1 aromatic carbocycles. The molecule has 0 unspecified atom stereocenters. The van der Waals surface area contributed by atoms with E-state index >= 15 is 0 Å². The summed E-state index contributed by atoms with van der Waals surface area (Å²) in [4.78, 5) is 25.9. The highest BCUT2D eigenvalue weighted by atomic mass is 35.5.